The number of nitrogens with zero attached hydrogens (tertiary/aromatic N) is 4. The summed E-state index contributed by atoms with van der Waals surface area (Å²) >= 11 is 7.61. The first-order valence-corrected chi connectivity index (χ1v) is 13.8. The number of sulfone groups is 1. The normalized spacial score (nSPS) is 12.1. The zero-order chi connectivity index (χ0) is 27.0. The van der Waals surface area contributed by atoms with Crippen molar-refractivity contribution in [1.82, 2.24) is 20.0 Å². The number of rotatable bonds is 7. The first-order valence-electron chi connectivity index (χ1n) is 10.2. The second kappa shape index (κ2) is 10.2. The van der Waals surface area contributed by atoms with Gasteiger partial charge >= 0.3 is 12.1 Å². The maximum Gasteiger partial charge on any atom is 0.418 e. The minimum atomic E-state index is -4.77. The summed E-state index contributed by atoms with van der Waals surface area (Å²) in [6, 6.07) is 10.2. The largest absolute Gasteiger partial charge is 0.450 e. The molecule has 194 valence electrons. The van der Waals surface area contributed by atoms with Crippen LogP contribution in [0.5, 0.6) is 0 Å². The summed E-state index contributed by atoms with van der Waals surface area (Å²) in [6.45, 7) is 0. The maximum atomic E-state index is 13.8. The Hall–Kier alpha value is -3.36. The quantitative estimate of drug-likeness (QED) is 0.219. The molecule has 4 rings (SSSR count). The Labute approximate surface area is 217 Å². The van der Waals surface area contributed by atoms with Gasteiger partial charge in [-0.3, -0.25) is 0 Å². The van der Waals surface area contributed by atoms with E-state index in [1.54, 1.807) is 6.26 Å². The topological polar surface area (TPSA) is 117 Å². The molecule has 0 N–H and O–H groups in total. The Kier molecular flexibility index (Phi) is 7.35. The van der Waals surface area contributed by atoms with Gasteiger partial charge in [-0.15, -0.1) is 22.0 Å². The standard InChI is InChI=1S/C22H16ClF3N4O5S2/c1-36-11-34-21(31)17-16(23)18(30(29-17)15-9-4-3-8-14(15)22(24,25)26)20-28-27-19(35-20)12-6-5-7-13(10-12)37(2,32)33/h3-10H,11H2,1-2H3. The SMILES string of the molecule is CSCOC(=O)c1nn(-c2ccccc2C(F)(F)F)c(-c2nnc(-c3cccc(S(C)(=O)=O)c3)o2)c1Cl. The van der Waals surface area contributed by atoms with Crippen molar-refractivity contribution in [2.24, 2.45) is 0 Å². The van der Waals surface area contributed by atoms with Gasteiger partial charge in [-0.25, -0.2) is 17.9 Å². The van der Waals surface area contributed by atoms with Gasteiger partial charge in [-0.05, 0) is 36.6 Å². The van der Waals surface area contributed by atoms with Crippen molar-refractivity contribution in [2.75, 3.05) is 18.5 Å². The van der Waals surface area contributed by atoms with Crippen molar-refractivity contribution in [2.45, 2.75) is 11.1 Å². The number of carbonyl (C=O) groups excluding carboxylic acids is 1. The summed E-state index contributed by atoms with van der Waals surface area (Å²) in [6.07, 6.45) is -2.06. The van der Waals surface area contributed by atoms with Crippen LogP contribution in [-0.2, 0) is 20.8 Å². The lowest BCUT2D eigenvalue weighted by molar-refractivity contribution is -0.137. The lowest BCUT2D eigenvalue weighted by atomic mass is 10.1. The molecule has 0 aliphatic rings. The number of para-hydroxylation sites is 1. The van der Waals surface area contributed by atoms with E-state index in [1.807, 2.05) is 0 Å². The molecule has 0 aliphatic heterocycles. The first-order chi connectivity index (χ1) is 17.4. The zero-order valence-corrected chi connectivity index (χ0v) is 21.4. The van der Waals surface area contributed by atoms with Gasteiger partial charge in [0.25, 0.3) is 5.89 Å². The maximum absolute atomic E-state index is 13.8. The molecule has 0 aliphatic carbocycles. The molecule has 0 fully saturated rings. The van der Waals surface area contributed by atoms with Crippen LogP contribution in [0.1, 0.15) is 16.1 Å². The predicted octanol–water partition coefficient (Wildman–Crippen LogP) is 5.14. The van der Waals surface area contributed by atoms with Crippen molar-refractivity contribution in [3.63, 3.8) is 0 Å². The molecule has 0 saturated heterocycles. The molecule has 0 saturated carbocycles. The molecule has 4 aromatic rings. The van der Waals surface area contributed by atoms with Crippen LogP contribution in [0, 0.1) is 0 Å². The van der Waals surface area contributed by atoms with Crippen LogP contribution in [-0.4, -0.2) is 52.8 Å². The molecule has 0 spiro atoms. The highest BCUT2D eigenvalue weighted by Crippen LogP contribution is 2.39. The van der Waals surface area contributed by atoms with E-state index < -0.39 is 38.9 Å². The lowest BCUT2D eigenvalue weighted by Crippen LogP contribution is -2.13. The highest BCUT2D eigenvalue weighted by atomic mass is 35.5. The van der Waals surface area contributed by atoms with Crippen LogP contribution in [0.3, 0.4) is 0 Å². The molecule has 2 aromatic heterocycles. The monoisotopic (exact) mass is 572 g/mol. The molecule has 15 heteroatoms. The molecule has 0 atom stereocenters. The van der Waals surface area contributed by atoms with E-state index in [0.29, 0.717) is 0 Å². The summed E-state index contributed by atoms with van der Waals surface area (Å²) < 4.78 is 76.7. The Morgan fingerprint density at radius 1 is 1.14 bits per heavy atom. The molecule has 2 aromatic carbocycles. The van der Waals surface area contributed by atoms with Gasteiger partial charge in [0, 0.05) is 11.8 Å². The van der Waals surface area contributed by atoms with Gasteiger partial charge in [0.15, 0.2) is 21.2 Å². The molecule has 0 radical (unpaired) electrons. The molecule has 2 heterocycles. The number of carbonyl (C=O) groups is 1. The van der Waals surface area contributed by atoms with E-state index in [9.17, 15) is 26.4 Å². The van der Waals surface area contributed by atoms with Crippen molar-refractivity contribution < 1.29 is 35.5 Å². The number of esters is 1. The van der Waals surface area contributed by atoms with Crippen LogP contribution in [0.15, 0.2) is 57.8 Å². The van der Waals surface area contributed by atoms with E-state index in [4.69, 9.17) is 20.8 Å². The molecule has 9 nitrogen and oxygen atoms in total. The number of halogens is 4. The number of aromatic nitrogens is 4. The number of ether oxygens (including phenoxy) is 1. The Bertz CT molecular complexity index is 1590. The summed E-state index contributed by atoms with van der Waals surface area (Å²) in [5.74, 6) is -1.51. The summed E-state index contributed by atoms with van der Waals surface area (Å²) in [7, 11) is -3.55. The van der Waals surface area contributed by atoms with Gasteiger partial charge in [0.2, 0.25) is 5.89 Å². The van der Waals surface area contributed by atoms with E-state index >= 15 is 0 Å². The third-order valence-corrected chi connectivity index (χ3v) is 6.72. The number of alkyl halides is 3. The summed E-state index contributed by atoms with van der Waals surface area (Å²) in [5, 5.41) is 11.4. The predicted molar refractivity (Wildman–Crippen MR) is 129 cm³/mol. The third-order valence-electron chi connectivity index (χ3n) is 4.90. The van der Waals surface area contributed by atoms with E-state index in [-0.39, 0.29) is 38.9 Å². The van der Waals surface area contributed by atoms with Crippen molar-refractivity contribution in [3.05, 3.63) is 64.8 Å². The first kappa shape index (κ1) is 26.7. The van der Waals surface area contributed by atoms with Gasteiger partial charge in [0.05, 0.1) is 16.1 Å². The fourth-order valence-corrected chi connectivity index (χ4v) is 4.43. The van der Waals surface area contributed by atoms with Crippen LogP contribution < -0.4 is 0 Å². The summed E-state index contributed by atoms with van der Waals surface area (Å²) in [5.41, 5.74) is -2.01. The average molecular weight is 573 g/mol. The Balaban J connectivity index is 1.90. The van der Waals surface area contributed by atoms with Crippen LogP contribution in [0.4, 0.5) is 13.2 Å². The lowest BCUT2D eigenvalue weighted by Gasteiger charge is -2.13. The number of hydrogen-bond acceptors (Lipinski definition) is 9. The van der Waals surface area contributed by atoms with Crippen LogP contribution >= 0.6 is 23.4 Å². The Morgan fingerprint density at radius 3 is 2.51 bits per heavy atom. The average Bonchev–Trinajstić information content (AvgIpc) is 3.46. The van der Waals surface area contributed by atoms with Gasteiger partial charge < -0.3 is 9.15 Å². The molecule has 0 amide bonds. The molecular formula is C22H16ClF3N4O5S2. The zero-order valence-electron chi connectivity index (χ0n) is 19.0. The third kappa shape index (κ3) is 5.50. The highest BCUT2D eigenvalue weighted by molar-refractivity contribution is 7.98. The second-order valence-electron chi connectivity index (χ2n) is 7.49. The van der Waals surface area contributed by atoms with Crippen molar-refractivity contribution in [1.29, 1.82) is 0 Å². The van der Waals surface area contributed by atoms with Gasteiger partial charge in [-0.2, -0.15) is 18.3 Å². The second-order valence-corrected chi connectivity index (χ2v) is 10.7. The van der Waals surface area contributed by atoms with Crippen molar-refractivity contribution >= 4 is 39.2 Å². The van der Waals surface area contributed by atoms with E-state index in [1.165, 1.54) is 48.2 Å². The van der Waals surface area contributed by atoms with E-state index in [2.05, 4.69) is 15.3 Å². The molecular weight excluding hydrogens is 557 g/mol. The highest BCUT2D eigenvalue weighted by Gasteiger charge is 2.36. The van der Waals surface area contributed by atoms with Gasteiger partial charge in [0.1, 0.15) is 11.0 Å². The fourth-order valence-electron chi connectivity index (χ4n) is 3.26. The number of hydrogen-bond donors (Lipinski definition) is 0. The van der Waals surface area contributed by atoms with E-state index in [0.717, 1.165) is 23.1 Å². The fraction of sp³-hybridized carbons (Fsp3) is 0.182. The number of thioether (sulfide) groups is 1. The molecule has 37 heavy (non-hydrogen) atoms. The molecule has 0 bridgehead atoms. The number of benzene rings is 2. The van der Waals surface area contributed by atoms with Crippen molar-refractivity contribution in [3.8, 4) is 28.7 Å². The minimum Gasteiger partial charge on any atom is -0.450 e. The van der Waals surface area contributed by atoms with Crippen LogP contribution in [0.25, 0.3) is 28.7 Å². The minimum absolute atomic E-state index is 0.00856. The van der Waals surface area contributed by atoms with Crippen LogP contribution in [0.2, 0.25) is 5.02 Å². The smallest absolute Gasteiger partial charge is 0.418 e. The summed E-state index contributed by atoms with van der Waals surface area (Å²) in [4.78, 5) is 12.5. The Morgan fingerprint density at radius 2 is 1.84 bits per heavy atom. The molecule has 0 unspecified atom stereocenters. The van der Waals surface area contributed by atoms with Gasteiger partial charge in [-0.1, -0.05) is 29.8 Å².